The van der Waals surface area contributed by atoms with Crippen molar-refractivity contribution in [3.05, 3.63) is 23.8 Å². The van der Waals surface area contributed by atoms with Gasteiger partial charge in [0, 0.05) is 19.8 Å². The summed E-state index contributed by atoms with van der Waals surface area (Å²) in [6, 6.07) is 5.23. The third-order valence-electron chi connectivity index (χ3n) is 4.72. The number of carbonyl (C=O) groups excluding carboxylic acids is 1. The van der Waals surface area contributed by atoms with Gasteiger partial charge >= 0.3 is 0 Å². The number of halogens is 1. The normalized spacial score (nSPS) is 15.7. The Morgan fingerprint density at radius 2 is 2.00 bits per heavy atom. The number of nitrogens with two attached hydrogens (primary N) is 1. The van der Waals surface area contributed by atoms with Crippen LogP contribution >= 0.6 is 12.4 Å². The quantitative estimate of drug-likeness (QED) is 0.665. The summed E-state index contributed by atoms with van der Waals surface area (Å²) in [4.78, 5) is 12.3. The zero-order chi connectivity index (χ0) is 18.9. The SMILES string of the molecule is COc1cc(CNC(=O)C(N)C2CCOCC2)ccc1OCCC(C)C.Cl. The number of benzene rings is 1. The molecular weight excluding hydrogens is 368 g/mol. The number of nitrogens with one attached hydrogen (secondary N) is 1. The molecule has 0 spiro atoms. The highest BCUT2D eigenvalue weighted by atomic mass is 35.5. The second-order valence-electron chi connectivity index (χ2n) is 7.21. The minimum Gasteiger partial charge on any atom is -0.493 e. The number of hydrogen-bond donors (Lipinski definition) is 2. The van der Waals surface area contributed by atoms with Gasteiger partial charge in [-0.25, -0.2) is 0 Å². The number of rotatable bonds is 9. The van der Waals surface area contributed by atoms with Gasteiger partial charge < -0.3 is 25.3 Å². The molecule has 1 aromatic carbocycles. The lowest BCUT2D eigenvalue weighted by molar-refractivity contribution is -0.124. The Morgan fingerprint density at radius 3 is 2.63 bits per heavy atom. The summed E-state index contributed by atoms with van der Waals surface area (Å²) < 4.78 is 16.5. The molecule has 6 nitrogen and oxygen atoms in total. The number of amides is 1. The van der Waals surface area contributed by atoms with Gasteiger partial charge in [0.1, 0.15) is 0 Å². The van der Waals surface area contributed by atoms with Crippen LogP contribution in [0, 0.1) is 11.8 Å². The van der Waals surface area contributed by atoms with E-state index in [1.165, 1.54) is 0 Å². The molecule has 3 N–H and O–H groups in total. The smallest absolute Gasteiger partial charge is 0.237 e. The standard InChI is InChI=1S/C20H32N2O4.ClH/c1-14(2)6-11-26-17-5-4-15(12-18(17)24-3)13-22-20(23)19(21)16-7-9-25-10-8-16;/h4-5,12,14,16,19H,6-11,13,21H2,1-3H3,(H,22,23);1H. The first-order chi connectivity index (χ1) is 12.5. The highest BCUT2D eigenvalue weighted by molar-refractivity contribution is 5.85. The number of hydrogen-bond acceptors (Lipinski definition) is 5. The zero-order valence-electron chi connectivity index (χ0n) is 16.5. The molecule has 1 aromatic rings. The molecule has 2 rings (SSSR count). The molecule has 1 atom stereocenters. The lowest BCUT2D eigenvalue weighted by Gasteiger charge is -2.26. The van der Waals surface area contributed by atoms with E-state index in [1.54, 1.807) is 7.11 Å². The third-order valence-corrected chi connectivity index (χ3v) is 4.72. The van der Waals surface area contributed by atoms with Gasteiger partial charge in [-0.15, -0.1) is 12.4 Å². The van der Waals surface area contributed by atoms with Gasteiger partial charge in [0.15, 0.2) is 11.5 Å². The molecule has 1 heterocycles. The van der Waals surface area contributed by atoms with Crippen molar-refractivity contribution < 1.29 is 19.0 Å². The molecule has 1 aliphatic rings. The van der Waals surface area contributed by atoms with Crippen LogP contribution < -0.4 is 20.5 Å². The van der Waals surface area contributed by atoms with Gasteiger partial charge in [0.05, 0.1) is 19.8 Å². The van der Waals surface area contributed by atoms with E-state index >= 15 is 0 Å². The Kier molecular flexibility index (Phi) is 10.5. The topological polar surface area (TPSA) is 82.8 Å². The van der Waals surface area contributed by atoms with Crippen molar-refractivity contribution in [1.82, 2.24) is 5.32 Å². The van der Waals surface area contributed by atoms with Crippen LogP contribution in [0.15, 0.2) is 18.2 Å². The van der Waals surface area contributed by atoms with Crippen molar-refractivity contribution >= 4 is 18.3 Å². The first kappa shape index (κ1) is 23.5. The van der Waals surface area contributed by atoms with Gasteiger partial charge in [-0.1, -0.05) is 19.9 Å². The van der Waals surface area contributed by atoms with E-state index in [9.17, 15) is 4.79 Å². The molecule has 0 aromatic heterocycles. The summed E-state index contributed by atoms with van der Waals surface area (Å²) in [5.74, 6) is 2.06. The molecule has 27 heavy (non-hydrogen) atoms. The minimum absolute atomic E-state index is 0. The van der Waals surface area contributed by atoms with Crippen LogP contribution in [0.4, 0.5) is 0 Å². The summed E-state index contributed by atoms with van der Waals surface area (Å²) >= 11 is 0. The largest absolute Gasteiger partial charge is 0.493 e. The molecule has 0 aliphatic carbocycles. The summed E-state index contributed by atoms with van der Waals surface area (Å²) in [5.41, 5.74) is 7.05. The summed E-state index contributed by atoms with van der Waals surface area (Å²) in [6.07, 6.45) is 2.67. The minimum atomic E-state index is -0.487. The molecule has 154 valence electrons. The molecule has 0 radical (unpaired) electrons. The fourth-order valence-electron chi connectivity index (χ4n) is 2.94. The van der Waals surface area contributed by atoms with Crippen molar-refractivity contribution in [1.29, 1.82) is 0 Å². The summed E-state index contributed by atoms with van der Waals surface area (Å²) in [6.45, 7) is 6.76. The van der Waals surface area contributed by atoms with Crippen LogP contribution in [-0.4, -0.2) is 38.9 Å². The van der Waals surface area contributed by atoms with Crippen molar-refractivity contribution in [3.63, 3.8) is 0 Å². The monoisotopic (exact) mass is 400 g/mol. The van der Waals surface area contributed by atoms with Crippen molar-refractivity contribution in [3.8, 4) is 11.5 Å². The Balaban J connectivity index is 0.00000364. The average Bonchev–Trinajstić information content (AvgIpc) is 2.66. The van der Waals surface area contributed by atoms with Crippen LogP contribution in [0.25, 0.3) is 0 Å². The maximum atomic E-state index is 12.3. The predicted octanol–water partition coefficient (Wildman–Crippen LogP) is 2.91. The summed E-state index contributed by atoms with van der Waals surface area (Å²) in [5, 5.41) is 2.92. The molecule has 1 unspecified atom stereocenters. The first-order valence-corrected chi connectivity index (χ1v) is 9.42. The van der Waals surface area contributed by atoms with E-state index in [-0.39, 0.29) is 24.2 Å². The molecule has 7 heteroatoms. The van der Waals surface area contributed by atoms with E-state index in [1.807, 2.05) is 18.2 Å². The van der Waals surface area contributed by atoms with E-state index < -0.39 is 6.04 Å². The van der Waals surface area contributed by atoms with Crippen LogP contribution in [0.1, 0.15) is 38.7 Å². The maximum absolute atomic E-state index is 12.3. The van der Waals surface area contributed by atoms with Crippen LogP contribution in [-0.2, 0) is 16.1 Å². The Hall–Kier alpha value is -1.50. The first-order valence-electron chi connectivity index (χ1n) is 9.42. The molecule has 1 saturated heterocycles. The van der Waals surface area contributed by atoms with Crippen molar-refractivity contribution in [2.45, 2.75) is 45.7 Å². The molecule has 0 bridgehead atoms. The van der Waals surface area contributed by atoms with Gasteiger partial charge in [-0.3, -0.25) is 4.79 Å². The van der Waals surface area contributed by atoms with E-state index in [0.717, 1.165) is 30.6 Å². The summed E-state index contributed by atoms with van der Waals surface area (Å²) in [7, 11) is 1.62. The Labute approximate surface area is 168 Å². The van der Waals surface area contributed by atoms with Crippen LogP contribution in [0.3, 0.4) is 0 Å². The second kappa shape index (κ2) is 12.1. The highest BCUT2D eigenvalue weighted by Crippen LogP contribution is 2.28. The number of methoxy groups -OCH3 is 1. The molecule has 0 saturated carbocycles. The van der Waals surface area contributed by atoms with Crippen LogP contribution in [0.5, 0.6) is 11.5 Å². The van der Waals surface area contributed by atoms with E-state index in [2.05, 4.69) is 19.2 Å². The number of ether oxygens (including phenoxy) is 3. The molecule has 1 aliphatic heterocycles. The van der Waals surface area contributed by atoms with Crippen LogP contribution in [0.2, 0.25) is 0 Å². The molecular formula is C20H33ClN2O4. The molecule has 1 amide bonds. The Bertz CT molecular complexity index is 577. The Morgan fingerprint density at radius 1 is 1.30 bits per heavy atom. The fraction of sp³-hybridized carbons (Fsp3) is 0.650. The number of carbonyl (C=O) groups is 1. The van der Waals surface area contributed by atoms with Gasteiger partial charge in [-0.05, 0) is 48.8 Å². The lowest BCUT2D eigenvalue weighted by Crippen LogP contribution is -2.46. The highest BCUT2D eigenvalue weighted by Gasteiger charge is 2.26. The third kappa shape index (κ3) is 7.56. The zero-order valence-corrected chi connectivity index (χ0v) is 17.3. The average molecular weight is 401 g/mol. The van der Waals surface area contributed by atoms with Gasteiger partial charge in [-0.2, -0.15) is 0 Å². The maximum Gasteiger partial charge on any atom is 0.237 e. The van der Waals surface area contributed by atoms with Gasteiger partial charge in [0.25, 0.3) is 0 Å². The van der Waals surface area contributed by atoms with Gasteiger partial charge in [0.2, 0.25) is 5.91 Å². The second-order valence-corrected chi connectivity index (χ2v) is 7.21. The fourth-order valence-corrected chi connectivity index (χ4v) is 2.94. The van der Waals surface area contributed by atoms with E-state index in [0.29, 0.717) is 38.0 Å². The lowest BCUT2D eigenvalue weighted by atomic mass is 9.92. The molecule has 1 fully saturated rings. The predicted molar refractivity (Wildman–Crippen MR) is 109 cm³/mol. The van der Waals surface area contributed by atoms with Crippen molar-refractivity contribution in [2.75, 3.05) is 26.9 Å². The van der Waals surface area contributed by atoms with Crippen molar-refractivity contribution in [2.24, 2.45) is 17.6 Å². The van der Waals surface area contributed by atoms with E-state index in [4.69, 9.17) is 19.9 Å².